The van der Waals surface area contributed by atoms with Crippen molar-refractivity contribution < 1.29 is 14.3 Å². The van der Waals surface area contributed by atoms with Gasteiger partial charge in [0.25, 0.3) is 0 Å². The molecule has 0 aliphatic rings. The molecule has 1 aromatic rings. The molecule has 0 unspecified atom stereocenters. The van der Waals surface area contributed by atoms with Gasteiger partial charge >= 0.3 is 0 Å². The van der Waals surface area contributed by atoms with E-state index in [4.69, 9.17) is 16.3 Å². The first-order valence-electron chi connectivity index (χ1n) is 4.61. The Morgan fingerprint density at radius 2 is 1.94 bits per heavy atom. The van der Waals surface area contributed by atoms with E-state index in [0.29, 0.717) is 22.0 Å². The molecule has 0 saturated heterocycles. The lowest BCUT2D eigenvalue weighted by Crippen LogP contribution is -2.08. The van der Waals surface area contributed by atoms with Crippen LogP contribution < -0.4 is 10.1 Å². The molecule has 0 aliphatic heterocycles. The van der Waals surface area contributed by atoms with Gasteiger partial charge in [-0.25, -0.2) is 0 Å². The number of Topliss-reactive ketones (excluding diaryl/α,β-unsaturated/α-hetero) is 1. The molecule has 0 saturated carbocycles. The molecule has 1 aromatic carbocycles. The number of methoxy groups -OCH3 is 1. The predicted molar refractivity (Wildman–Crippen MR) is 62.3 cm³/mol. The Labute approximate surface area is 98.5 Å². The SMILES string of the molecule is COc1cc(Cl)c(C(C)=O)cc1NC(C)=O. The summed E-state index contributed by atoms with van der Waals surface area (Å²) in [5, 5.41) is 2.88. The van der Waals surface area contributed by atoms with Gasteiger partial charge in [-0.05, 0) is 13.0 Å². The van der Waals surface area contributed by atoms with E-state index in [0.717, 1.165) is 0 Å². The normalized spacial score (nSPS) is 9.75. The summed E-state index contributed by atoms with van der Waals surface area (Å²) >= 11 is 5.90. The van der Waals surface area contributed by atoms with Gasteiger partial charge in [0.15, 0.2) is 5.78 Å². The number of benzene rings is 1. The average Bonchev–Trinajstić information content (AvgIpc) is 2.18. The van der Waals surface area contributed by atoms with Crippen molar-refractivity contribution in [2.45, 2.75) is 13.8 Å². The Morgan fingerprint density at radius 1 is 1.31 bits per heavy atom. The third-order valence-corrected chi connectivity index (χ3v) is 2.29. The highest BCUT2D eigenvalue weighted by atomic mass is 35.5. The number of hydrogen-bond acceptors (Lipinski definition) is 3. The maximum Gasteiger partial charge on any atom is 0.221 e. The average molecular weight is 242 g/mol. The molecule has 1 N–H and O–H groups in total. The van der Waals surface area contributed by atoms with Crippen molar-refractivity contribution in [2.75, 3.05) is 12.4 Å². The summed E-state index contributed by atoms with van der Waals surface area (Å²) in [6.45, 7) is 2.78. The molecular formula is C11H12ClNO3. The van der Waals surface area contributed by atoms with Crippen LogP contribution in [0.5, 0.6) is 5.75 Å². The molecule has 0 bridgehead atoms. The van der Waals surface area contributed by atoms with Crippen LogP contribution >= 0.6 is 11.6 Å². The summed E-state index contributed by atoms with van der Waals surface area (Å²) in [7, 11) is 1.46. The second kappa shape index (κ2) is 4.99. The van der Waals surface area contributed by atoms with Crippen LogP contribution in [0.1, 0.15) is 24.2 Å². The highest BCUT2D eigenvalue weighted by Gasteiger charge is 2.12. The number of anilines is 1. The molecule has 16 heavy (non-hydrogen) atoms. The number of carbonyl (C=O) groups excluding carboxylic acids is 2. The maximum absolute atomic E-state index is 11.3. The monoisotopic (exact) mass is 241 g/mol. The Hall–Kier alpha value is -1.55. The van der Waals surface area contributed by atoms with E-state index in [1.54, 1.807) is 0 Å². The van der Waals surface area contributed by atoms with Gasteiger partial charge in [0, 0.05) is 18.6 Å². The number of hydrogen-bond donors (Lipinski definition) is 1. The lowest BCUT2D eigenvalue weighted by molar-refractivity contribution is -0.114. The van der Waals surface area contributed by atoms with Crippen molar-refractivity contribution in [3.63, 3.8) is 0 Å². The second-order valence-electron chi connectivity index (χ2n) is 3.27. The molecule has 0 aliphatic carbocycles. The summed E-state index contributed by atoms with van der Waals surface area (Å²) in [6.07, 6.45) is 0. The molecule has 5 heteroatoms. The smallest absolute Gasteiger partial charge is 0.221 e. The van der Waals surface area contributed by atoms with E-state index in [1.807, 2.05) is 0 Å². The molecule has 0 spiro atoms. The number of carbonyl (C=O) groups is 2. The lowest BCUT2D eigenvalue weighted by atomic mass is 10.1. The Kier molecular flexibility index (Phi) is 3.90. The first-order chi connectivity index (χ1) is 7.45. The summed E-state index contributed by atoms with van der Waals surface area (Å²) < 4.78 is 5.05. The van der Waals surface area contributed by atoms with E-state index < -0.39 is 0 Å². The van der Waals surface area contributed by atoms with E-state index in [2.05, 4.69) is 5.32 Å². The quantitative estimate of drug-likeness (QED) is 0.828. The molecule has 4 nitrogen and oxygen atoms in total. The zero-order valence-corrected chi connectivity index (χ0v) is 10.0. The number of amides is 1. The molecule has 0 fully saturated rings. The van der Waals surface area contributed by atoms with Crippen LogP contribution in [0.2, 0.25) is 5.02 Å². The fraction of sp³-hybridized carbons (Fsp3) is 0.273. The Bertz CT molecular complexity index is 443. The van der Waals surface area contributed by atoms with Crippen LogP contribution in [-0.2, 0) is 4.79 Å². The van der Waals surface area contributed by atoms with Gasteiger partial charge in [-0.1, -0.05) is 11.6 Å². The highest BCUT2D eigenvalue weighted by Crippen LogP contribution is 2.31. The van der Waals surface area contributed by atoms with Crippen LogP contribution in [0, 0.1) is 0 Å². The second-order valence-corrected chi connectivity index (χ2v) is 3.68. The number of ketones is 1. The van der Waals surface area contributed by atoms with Crippen molar-refractivity contribution in [3.05, 3.63) is 22.7 Å². The zero-order chi connectivity index (χ0) is 12.3. The molecule has 86 valence electrons. The van der Waals surface area contributed by atoms with Gasteiger partial charge < -0.3 is 10.1 Å². The van der Waals surface area contributed by atoms with Crippen molar-refractivity contribution >= 4 is 29.0 Å². The fourth-order valence-electron chi connectivity index (χ4n) is 1.28. The largest absolute Gasteiger partial charge is 0.495 e. The Morgan fingerprint density at radius 3 is 2.38 bits per heavy atom. The maximum atomic E-state index is 11.3. The number of halogens is 1. The Balaban J connectivity index is 3.28. The molecule has 0 atom stereocenters. The third kappa shape index (κ3) is 2.73. The minimum Gasteiger partial charge on any atom is -0.495 e. The fourth-order valence-corrected chi connectivity index (χ4v) is 1.57. The molecular weight excluding hydrogens is 230 g/mol. The number of rotatable bonds is 3. The number of ether oxygens (including phenoxy) is 1. The van der Waals surface area contributed by atoms with Crippen molar-refractivity contribution in [1.82, 2.24) is 0 Å². The van der Waals surface area contributed by atoms with Gasteiger partial charge in [0.2, 0.25) is 5.91 Å². The van der Waals surface area contributed by atoms with Gasteiger partial charge in [-0.15, -0.1) is 0 Å². The van der Waals surface area contributed by atoms with Crippen molar-refractivity contribution in [1.29, 1.82) is 0 Å². The van der Waals surface area contributed by atoms with E-state index in [1.165, 1.54) is 33.1 Å². The number of nitrogens with one attached hydrogen (secondary N) is 1. The van der Waals surface area contributed by atoms with Crippen LogP contribution in [0.3, 0.4) is 0 Å². The molecule has 0 radical (unpaired) electrons. The van der Waals surface area contributed by atoms with E-state index in [9.17, 15) is 9.59 Å². The first-order valence-corrected chi connectivity index (χ1v) is 4.99. The van der Waals surface area contributed by atoms with Gasteiger partial charge in [-0.2, -0.15) is 0 Å². The topological polar surface area (TPSA) is 55.4 Å². The zero-order valence-electron chi connectivity index (χ0n) is 9.26. The van der Waals surface area contributed by atoms with E-state index in [-0.39, 0.29) is 11.7 Å². The predicted octanol–water partition coefficient (Wildman–Crippen LogP) is 2.51. The van der Waals surface area contributed by atoms with Gasteiger partial charge in [0.1, 0.15) is 5.75 Å². The first kappa shape index (κ1) is 12.5. The molecule has 0 aromatic heterocycles. The van der Waals surface area contributed by atoms with Crippen LogP contribution in [0.4, 0.5) is 5.69 Å². The summed E-state index contributed by atoms with van der Waals surface area (Å²) in [6, 6.07) is 3.01. The van der Waals surface area contributed by atoms with Crippen LogP contribution in [0.15, 0.2) is 12.1 Å². The minimum absolute atomic E-state index is 0.167. The summed E-state index contributed by atoms with van der Waals surface area (Å²) in [5.74, 6) is 0.0135. The summed E-state index contributed by atoms with van der Waals surface area (Å²) in [5.41, 5.74) is 0.788. The third-order valence-electron chi connectivity index (χ3n) is 1.98. The molecule has 1 amide bonds. The van der Waals surface area contributed by atoms with E-state index >= 15 is 0 Å². The summed E-state index contributed by atoms with van der Waals surface area (Å²) in [4.78, 5) is 22.2. The van der Waals surface area contributed by atoms with Crippen molar-refractivity contribution in [2.24, 2.45) is 0 Å². The van der Waals surface area contributed by atoms with Crippen LogP contribution in [0.25, 0.3) is 0 Å². The molecule has 1 rings (SSSR count). The highest BCUT2D eigenvalue weighted by molar-refractivity contribution is 6.34. The molecule has 0 heterocycles. The lowest BCUT2D eigenvalue weighted by Gasteiger charge is -2.11. The van der Waals surface area contributed by atoms with Crippen molar-refractivity contribution in [3.8, 4) is 5.75 Å². The van der Waals surface area contributed by atoms with Gasteiger partial charge in [0.05, 0.1) is 17.8 Å². The van der Waals surface area contributed by atoms with Crippen LogP contribution in [-0.4, -0.2) is 18.8 Å². The van der Waals surface area contributed by atoms with Gasteiger partial charge in [-0.3, -0.25) is 9.59 Å². The standard InChI is InChI=1S/C11H12ClNO3/c1-6(14)8-4-10(13-7(2)15)11(16-3)5-9(8)12/h4-5H,1-3H3,(H,13,15). The minimum atomic E-state index is -0.241.